The van der Waals surface area contributed by atoms with Crippen molar-refractivity contribution >= 4 is 0 Å². The first kappa shape index (κ1) is 19.7. The lowest BCUT2D eigenvalue weighted by Gasteiger charge is -2.51. The van der Waals surface area contributed by atoms with Crippen LogP contribution in [0.2, 0.25) is 0 Å². The average Bonchev–Trinajstić information content (AvgIpc) is 2.61. The Morgan fingerprint density at radius 1 is 1.15 bits per heavy atom. The van der Waals surface area contributed by atoms with E-state index >= 15 is 0 Å². The molecular formula is C20H32NO5+. The van der Waals surface area contributed by atoms with Gasteiger partial charge in [0, 0.05) is 12.2 Å². The van der Waals surface area contributed by atoms with Crippen LogP contribution in [0.3, 0.4) is 0 Å². The number of hydrogen-bond donors (Lipinski definition) is 1. The number of fused-ring (bicyclic) bond motifs is 1. The molecule has 146 valence electrons. The molecule has 6 heteroatoms. The first-order valence-electron chi connectivity index (χ1n) is 9.50. The molecule has 2 saturated heterocycles. The lowest BCUT2D eigenvalue weighted by Crippen LogP contribution is -2.69. The summed E-state index contributed by atoms with van der Waals surface area (Å²) in [5.74, 6) is 0. The van der Waals surface area contributed by atoms with Gasteiger partial charge in [-0.2, -0.15) is 0 Å². The van der Waals surface area contributed by atoms with E-state index in [4.69, 9.17) is 18.9 Å². The van der Waals surface area contributed by atoms with Crippen LogP contribution in [0, 0.1) is 0 Å². The number of aliphatic hydroxyl groups excluding tert-OH is 1. The fourth-order valence-corrected chi connectivity index (χ4v) is 3.66. The van der Waals surface area contributed by atoms with Gasteiger partial charge in [-0.25, -0.2) is 0 Å². The quantitative estimate of drug-likeness (QED) is 0.617. The summed E-state index contributed by atoms with van der Waals surface area (Å²) in [7, 11) is 6.13. The van der Waals surface area contributed by atoms with Crippen molar-refractivity contribution < 1.29 is 28.5 Å². The minimum atomic E-state index is -0.699. The van der Waals surface area contributed by atoms with Crippen LogP contribution in [-0.4, -0.2) is 74.6 Å². The van der Waals surface area contributed by atoms with Crippen molar-refractivity contribution in [3.8, 4) is 0 Å². The molecular weight excluding hydrogens is 334 g/mol. The van der Waals surface area contributed by atoms with Crippen molar-refractivity contribution in [3.05, 3.63) is 35.9 Å². The van der Waals surface area contributed by atoms with E-state index in [1.54, 1.807) is 0 Å². The maximum Gasteiger partial charge on any atom is 0.213 e. The van der Waals surface area contributed by atoms with Crippen molar-refractivity contribution in [2.75, 3.05) is 34.4 Å². The summed E-state index contributed by atoms with van der Waals surface area (Å²) in [5, 5.41) is 11.1. The van der Waals surface area contributed by atoms with Gasteiger partial charge in [0.2, 0.25) is 6.29 Å². The predicted octanol–water partition coefficient (Wildman–Crippen LogP) is 2.08. The number of nitrogens with zero attached hydrogens (tertiary/aromatic N) is 1. The third-order valence-electron chi connectivity index (χ3n) is 5.08. The zero-order valence-corrected chi connectivity index (χ0v) is 16.2. The molecule has 2 fully saturated rings. The van der Waals surface area contributed by atoms with E-state index in [0.29, 0.717) is 17.7 Å². The van der Waals surface area contributed by atoms with Crippen molar-refractivity contribution in [1.82, 2.24) is 0 Å². The van der Waals surface area contributed by atoms with E-state index in [1.807, 2.05) is 51.5 Å². The molecule has 2 aliphatic rings. The van der Waals surface area contributed by atoms with E-state index in [9.17, 15) is 5.11 Å². The number of quaternary nitrogens is 1. The van der Waals surface area contributed by atoms with E-state index in [0.717, 1.165) is 18.4 Å². The third kappa shape index (κ3) is 4.27. The van der Waals surface area contributed by atoms with Crippen LogP contribution in [0.25, 0.3) is 0 Å². The van der Waals surface area contributed by atoms with Crippen molar-refractivity contribution in [3.63, 3.8) is 0 Å². The molecule has 0 aliphatic carbocycles. The molecule has 0 unspecified atom stereocenters. The molecule has 0 aromatic heterocycles. The molecule has 0 bridgehead atoms. The van der Waals surface area contributed by atoms with Crippen LogP contribution >= 0.6 is 0 Å². The highest BCUT2D eigenvalue weighted by molar-refractivity contribution is 5.16. The van der Waals surface area contributed by atoms with E-state index in [1.165, 1.54) is 0 Å². The Kier molecular flexibility index (Phi) is 6.33. The maximum atomic E-state index is 11.1. The van der Waals surface area contributed by atoms with Crippen LogP contribution in [0.15, 0.2) is 30.3 Å². The molecule has 1 N–H and O–H groups in total. The molecule has 2 aliphatic heterocycles. The second-order valence-electron chi connectivity index (χ2n) is 8.04. The van der Waals surface area contributed by atoms with E-state index in [2.05, 4.69) is 6.92 Å². The minimum Gasteiger partial charge on any atom is -0.384 e. The van der Waals surface area contributed by atoms with Gasteiger partial charge in [-0.3, -0.25) is 0 Å². The summed E-state index contributed by atoms with van der Waals surface area (Å²) in [6.45, 7) is 3.12. The number of benzene rings is 1. The summed E-state index contributed by atoms with van der Waals surface area (Å²) in [6.07, 6.45) is -0.407. The molecule has 6 nitrogen and oxygen atoms in total. The summed E-state index contributed by atoms with van der Waals surface area (Å²) in [4.78, 5) is 0. The van der Waals surface area contributed by atoms with Gasteiger partial charge in [-0.1, -0.05) is 43.7 Å². The fraction of sp³-hybridized carbons (Fsp3) is 0.700. The number of likely N-dealkylation sites (N-methyl/N-ethyl adjacent to an activating group) is 1. The lowest BCUT2D eigenvalue weighted by molar-refractivity contribution is -0.910. The summed E-state index contributed by atoms with van der Waals surface area (Å²) in [6, 6.07) is 9.56. The summed E-state index contributed by atoms with van der Waals surface area (Å²) < 4.78 is 24.7. The van der Waals surface area contributed by atoms with Gasteiger partial charge in [0.15, 0.2) is 12.3 Å². The molecule has 1 aromatic rings. The van der Waals surface area contributed by atoms with Gasteiger partial charge in [0.25, 0.3) is 0 Å². The van der Waals surface area contributed by atoms with Gasteiger partial charge in [0.05, 0.1) is 27.7 Å². The zero-order chi connectivity index (χ0) is 18.7. The lowest BCUT2D eigenvalue weighted by atomic mass is 9.94. The first-order valence-corrected chi connectivity index (χ1v) is 9.50. The molecule has 0 amide bonds. The van der Waals surface area contributed by atoms with E-state index < -0.39 is 24.8 Å². The van der Waals surface area contributed by atoms with Crippen molar-refractivity contribution in [1.29, 1.82) is 0 Å². The molecule has 2 heterocycles. The SMILES string of the molecule is CCCCO[C@H]1O[C@H]2CO[C@H](c3ccccc3)O[C@@H]2[C@H](O)[C@@H]1[N+](C)(C)C. The largest absolute Gasteiger partial charge is 0.384 e. The highest BCUT2D eigenvalue weighted by Crippen LogP contribution is 2.36. The van der Waals surface area contributed by atoms with Gasteiger partial charge < -0.3 is 28.5 Å². The second-order valence-corrected chi connectivity index (χ2v) is 8.04. The Labute approximate surface area is 156 Å². The Hall–Kier alpha value is -1.02. The number of unbranched alkanes of at least 4 members (excludes halogenated alkanes) is 1. The Bertz CT molecular complexity index is 561. The average molecular weight is 366 g/mol. The van der Waals surface area contributed by atoms with Gasteiger partial charge >= 0.3 is 0 Å². The number of ether oxygens (including phenoxy) is 4. The molecule has 0 spiro atoms. The third-order valence-corrected chi connectivity index (χ3v) is 5.08. The topological polar surface area (TPSA) is 57.2 Å². The Morgan fingerprint density at radius 2 is 1.88 bits per heavy atom. The number of hydrogen-bond acceptors (Lipinski definition) is 5. The second kappa shape index (κ2) is 8.33. The molecule has 1 aromatic carbocycles. The molecule has 0 saturated carbocycles. The molecule has 0 radical (unpaired) electrons. The highest BCUT2D eigenvalue weighted by Gasteiger charge is 2.54. The van der Waals surface area contributed by atoms with Gasteiger partial charge in [0.1, 0.15) is 18.3 Å². The summed E-state index contributed by atoms with van der Waals surface area (Å²) in [5.41, 5.74) is 0.946. The van der Waals surface area contributed by atoms with Crippen LogP contribution in [-0.2, 0) is 18.9 Å². The van der Waals surface area contributed by atoms with Crippen molar-refractivity contribution in [2.45, 2.75) is 56.7 Å². The Balaban J connectivity index is 1.75. The fourth-order valence-electron chi connectivity index (χ4n) is 3.66. The summed E-state index contributed by atoms with van der Waals surface area (Å²) >= 11 is 0. The number of aliphatic hydroxyl groups is 1. The standard InChI is InChI=1S/C20H32NO5/c1-5-6-12-23-20-16(21(2,3)4)17(22)18-15(25-20)13-24-19(26-18)14-10-8-7-9-11-14/h7-11,15-20,22H,5-6,12-13H2,1-4H3/q+1/t15-,16-,17+,18-,19-,20-/m0/s1. The smallest absolute Gasteiger partial charge is 0.213 e. The van der Waals surface area contributed by atoms with Crippen LogP contribution < -0.4 is 0 Å². The first-order chi connectivity index (χ1) is 12.4. The highest BCUT2D eigenvalue weighted by atomic mass is 16.7. The van der Waals surface area contributed by atoms with Crippen LogP contribution in [0.5, 0.6) is 0 Å². The molecule has 26 heavy (non-hydrogen) atoms. The Morgan fingerprint density at radius 3 is 2.54 bits per heavy atom. The van der Waals surface area contributed by atoms with Crippen LogP contribution in [0.4, 0.5) is 0 Å². The van der Waals surface area contributed by atoms with Crippen molar-refractivity contribution in [2.24, 2.45) is 0 Å². The predicted molar refractivity (Wildman–Crippen MR) is 97.4 cm³/mol. The minimum absolute atomic E-state index is 0.234. The zero-order valence-electron chi connectivity index (χ0n) is 16.2. The normalized spacial score (nSPS) is 35.1. The van der Waals surface area contributed by atoms with Crippen LogP contribution in [0.1, 0.15) is 31.6 Å². The maximum absolute atomic E-state index is 11.1. The molecule has 3 rings (SSSR count). The van der Waals surface area contributed by atoms with Gasteiger partial charge in [-0.05, 0) is 6.42 Å². The van der Waals surface area contributed by atoms with E-state index in [-0.39, 0.29) is 12.1 Å². The van der Waals surface area contributed by atoms with Gasteiger partial charge in [-0.15, -0.1) is 0 Å². The monoisotopic (exact) mass is 366 g/mol. The number of rotatable bonds is 6. The molecule has 6 atom stereocenters.